The summed E-state index contributed by atoms with van der Waals surface area (Å²) in [5.74, 6) is 1.09. The molecule has 2 aromatic rings. The van der Waals surface area contributed by atoms with Gasteiger partial charge in [0.1, 0.15) is 0 Å². The summed E-state index contributed by atoms with van der Waals surface area (Å²) < 4.78 is 8.63. The Hall–Kier alpha value is -0.710. The molecule has 16 heavy (non-hydrogen) atoms. The molecule has 0 spiro atoms. The molecule has 2 heterocycles. The first kappa shape index (κ1) is 10.4. The van der Waals surface area contributed by atoms with E-state index in [2.05, 4.69) is 38.4 Å². The van der Waals surface area contributed by atoms with Crippen LogP contribution in [-0.2, 0) is 0 Å². The van der Waals surface area contributed by atoms with E-state index in [4.69, 9.17) is 4.42 Å². The number of rotatable bonds is 3. The topological polar surface area (TPSA) is 16.1 Å². The monoisotopic (exact) mass is 295 g/mol. The van der Waals surface area contributed by atoms with Crippen molar-refractivity contribution in [1.82, 2.24) is 4.31 Å². The molecule has 4 heteroatoms. The maximum Gasteiger partial charge on any atom is 0.0954 e. The molecule has 3 rings (SSSR count). The maximum absolute atomic E-state index is 5.18. The average molecular weight is 296 g/mol. The van der Waals surface area contributed by atoms with Crippen LogP contribution < -0.4 is 0 Å². The Bertz CT molecular complexity index is 482. The summed E-state index contributed by atoms with van der Waals surface area (Å²) in [4.78, 5) is 0. The van der Waals surface area contributed by atoms with Gasteiger partial charge in [-0.25, -0.2) is 4.31 Å². The van der Waals surface area contributed by atoms with E-state index in [0.29, 0.717) is 6.04 Å². The third-order valence-electron chi connectivity index (χ3n) is 2.59. The Labute approximate surface area is 107 Å². The summed E-state index contributed by atoms with van der Waals surface area (Å²) >= 11 is 5.37. The van der Waals surface area contributed by atoms with Crippen molar-refractivity contribution in [2.45, 2.75) is 6.04 Å². The zero-order chi connectivity index (χ0) is 11.0. The molecule has 0 aliphatic carbocycles. The van der Waals surface area contributed by atoms with Gasteiger partial charge in [0, 0.05) is 10.0 Å². The van der Waals surface area contributed by atoms with Crippen molar-refractivity contribution in [1.29, 1.82) is 0 Å². The summed E-state index contributed by atoms with van der Waals surface area (Å²) in [5, 5.41) is 0. The predicted octanol–water partition coefficient (Wildman–Crippen LogP) is 4.05. The smallest absolute Gasteiger partial charge is 0.0954 e. The van der Waals surface area contributed by atoms with Crippen LogP contribution in [0, 0.1) is 0 Å². The normalized spacial score (nSPS) is 20.7. The quantitative estimate of drug-likeness (QED) is 0.628. The fourth-order valence-electron chi connectivity index (χ4n) is 1.81. The molecule has 2 atom stereocenters. The van der Waals surface area contributed by atoms with Crippen molar-refractivity contribution in [3.63, 3.8) is 0 Å². The highest BCUT2D eigenvalue weighted by molar-refractivity contribution is 9.10. The molecule has 1 aliphatic rings. The van der Waals surface area contributed by atoms with E-state index in [1.165, 1.54) is 11.1 Å². The summed E-state index contributed by atoms with van der Waals surface area (Å²) in [6, 6.07) is 10.8. The van der Waals surface area contributed by atoms with Gasteiger partial charge in [-0.05, 0) is 23.8 Å². The van der Waals surface area contributed by atoms with Crippen LogP contribution in [0.25, 0.3) is 0 Å². The number of hydrogen-bond donors (Lipinski definition) is 0. The minimum Gasteiger partial charge on any atom is -0.472 e. The molecule has 1 aromatic heterocycles. The van der Waals surface area contributed by atoms with Crippen LogP contribution in [0.3, 0.4) is 0 Å². The highest BCUT2D eigenvalue weighted by Crippen LogP contribution is 2.43. The lowest BCUT2D eigenvalue weighted by Crippen LogP contribution is -2.08. The zero-order valence-corrected chi connectivity index (χ0v) is 10.9. The number of nitrogens with zero attached hydrogens (tertiary/aromatic N) is 1. The van der Waals surface area contributed by atoms with Crippen LogP contribution in [0.4, 0.5) is 0 Å². The second-order valence-electron chi connectivity index (χ2n) is 3.69. The molecule has 82 valence electrons. The van der Waals surface area contributed by atoms with Crippen LogP contribution in [0.1, 0.15) is 17.2 Å². The Morgan fingerprint density at radius 3 is 2.81 bits per heavy atom. The average Bonchev–Trinajstić information content (AvgIpc) is 2.94. The van der Waals surface area contributed by atoms with Crippen molar-refractivity contribution >= 4 is 27.9 Å². The molecular weight excluding hydrogens is 286 g/mol. The number of furan rings is 1. The van der Waals surface area contributed by atoms with Gasteiger partial charge in [0.25, 0.3) is 0 Å². The lowest BCUT2D eigenvalue weighted by molar-refractivity contribution is 0.514. The Kier molecular flexibility index (Phi) is 2.79. The molecule has 0 bridgehead atoms. The molecule has 1 saturated heterocycles. The van der Waals surface area contributed by atoms with E-state index in [0.717, 1.165) is 10.3 Å². The molecule has 1 aromatic carbocycles. The van der Waals surface area contributed by atoms with Crippen LogP contribution in [0.15, 0.2) is 51.7 Å². The lowest BCUT2D eigenvalue weighted by atomic mass is 10.0. The predicted molar refractivity (Wildman–Crippen MR) is 69.0 cm³/mol. The second kappa shape index (κ2) is 4.28. The highest BCUT2D eigenvalue weighted by Gasteiger charge is 2.32. The van der Waals surface area contributed by atoms with Crippen LogP contribution in [-0.4, -0.2) is 10.2 Å². The van der Waals surface area contributed by atoms with Gasteiger partial charge in [0.05, 0.1) is 24.4 Å². The van der Waals surface area contributed by atoms with Gasteiger partial charge < -0.3 is 4.42 Å². The number of hydrogen-bond acceptors (Lipinski definition) is 3. The molecule has 0 radical (unpaired) electrons. The van der Waals surface area contributed by atoms with Gasteiger partial charge in [0.15, 0.2) is 0 Å². The molecule has 0 amide bonds. The van der Waals surface area contributed by atoms with Gasteiger partial charge in [0.2, 0.25) is 0 Å². The molecule has 1 aliphatic heterocycles. The standard InChI is InChI=1S/C12H10BrNOS/c13-11-3-1-2-9(6-11)12(14-8-16-14)10-4-5-15-7-10/h1-7,12H,8H2. The number of benzene rings is 1. The van der Waals surface area contributed by atoms with Crippen LogP contribution in [0.5, 0.6) is 0 Å². The third kappa shape index (κ3) is 2.05. The van der Waals surface area contributed by atoms with E-state index in [1.54, 1.807) is 6.26 Å². The summed E-state index contributed by atoms with van der Waals surface area (Å²) in [6.07, 6.45) is 3.55. The van der Waals surface area contributed by atoms with E-state index in [-0.39, 0.29) is 0 Å². The summed E-state index contributed by atoms with van der Waals surface area (Å²) in [5.41, 5.74) is 2.50. The van der Waals surface area contributed by atoms with Gasteiger partial charge in [-0.15, -0.1) is 0 Å². The molecule has 1 fully saturated rings. The molecule has 2 unspecified atom stereocenters. The van der Waals surface area contributed by atoms with Gasteiger partial charge >= 0.3 is 0 Å². The lowest BCUT2D eigenvalue weighted by Gasteiger charge is -2.15. The summed E-state index contributed by atoms with van der Waals surface area (Å²) in [7, 11) is 0. The van der Waals surface area contributed by atoms with E-state index >= 15 is 0 Å². The first-order valence-corrected chi connectivity index (χ1v) is 6.75. The molecule has 2 nitrogen and oxygen atoms in total. The maximum atomic E-state index is 5.18. The minimum absolute atomic E-state index is 0.307. The van der Waals surface area contributed by atoms with Crippen LogP contribution >= 0.6 is 27.9 Å². The first-order chi connectivity index (χ1) is 7.84. The van der Waals surface area contributed by atoms with Gasteiger partial charge in [-0.1, -0.05) is 40.0 Å². The van der Waals surface area contributed by atoms with Crippen LogP contribution in [0.2, 0.25) is 0 Å². The molecule has 0 N–H and O–H groups in total. The Morgan fingerprint density at radius 1 is 1.31 bits per heavy atom. The summed E-state index contributed by atoms with van der Waals surface area (Å²) in [6.45, 7) is 0. The van der Waals surface area contributed by atoms with E-state index in [9.17, 15) is 0 Å². The fourth-order valence-corrected chi connectivity index (χ4v) is 2.84. The number of halogens is 1. The third-order valence-corrected chi connectivity index (χ3v) is 3.85. The minimum atomic E-state index is 0.307. The van der Waals surface area contributed by atoms with Gasteiger partial charge in [-0.3, -0.25) is 0 Å². The molecular formula is C12H10BrNOS. The largest absolute Gasteiger partial charge is 0.472 e. The fraction of sp³-hybridized carbons (Fsp3) is 0.167. The Balaban J connectivity index is 2.00. The van der Waals surface area contributed by atoms with E-state index < -0.39 is 0 Å². The zero-order valence-electron chi connectivity index (χ0n) is 8.47. The second-order valence-corrected chi connectivity index (χ2v) is 5.59. The van der Waals surface area contributed by atoms with Crippen molar-refractivity contribution < 1.29 is 4.42 Å². The first-order valence-electron chi connectivity index (χ1n) is 5.02. The van der Waals surface area contributed by atoms with E-state index in [1.807, 2.05) is 30.3 Å². The van der Waals surface area contributed by atoms with Crippen molar-refractivity contribution in [3.8, 4) is 0 Å². The molecule has 0 saturated carbocycles. The van der Waals surface area contributed by atoms with Crippen molar-refractivity contribution in [2.75, 3.05) is 5.88 Å². The SMILES string of the molecule is Brc1cccc(C(c2ccoc2)N2CS2)c1. The van der Waals surface area contributed by atoms with Gasteiger partial charge in [-0.2, -0.15) is 0 Å². The van der Waals surface area contributed by atoms with Crippen molar-refractivity contribution in [3.05, 3.63) is 58.5 Å². The van der Waals surface area contributed by atoms with Crippen molar-refractivity contribution in [2.24, 2.45) is 0 Å². The highest BCUT2D eigenvalue weighted by atomic mass is 79.9. The Morgan fingerprint density at radius 2 is 2.19 bits per heavy atom.